The van der Waals surface area contributed by atoms with E-state index >= 15 is 0 Å². The van der Waals surface area contributed by atoms with Crippen molar-refractivity contribution in [1.29, 1.82) is 5.26 Å². The van der Waals surface area contributed by atoms with E-state index < -0.39 is 0 Å². The Bertz CT molecular complexity index is 1460. The second-order valence-electron chi connectivity index (χ2n) is 9.45. The van der Waals surface area contributed by atoms with E-state index in [4.69, 9.17) is 21.3 Å². The standard InChI is InChI=1S/C28H28ClN5O/c1-35-26-11-10-20(29)16-19(26)18-32-12-14-33(15-13-32)28-22-7-3-2-6-21(22)23(17-30)27-31-24-8-4-5-9-25(24)34(27)28/h4-5,8-11,16H,2-3,6-7,12-15,18H2,1H3. The molecule has 35 heavy (non-hydrogen) atoms. The quantitative estimate of drug-likeness (QED) is 0.396. The van der Waals surface area contributed by atoms with Crippen LogP contribution >= 0.6 is 11.6 Å². The molecule has 7 heteroatoms. The molecule has 2 aromatic carbocycles. The van der Waals surface area contributed by atoms with Crippen LogP contribution in [0.3, 0.4) is 0 Å². The molecule has 2 aromatic heterocycles. The first kappa shape index (κ1) is 22.2. The van der Waals surface area contributed by atoms with Crippen LogP contribution in [0.2, 0.25) is 5.02 Å². The van der Waals surface area contributed by atoms with Crippen molar-refractivity contribution in [3.8, 4) is 11.8 Å². The number of halogens is 1. The topological polar surface area (TPSA) is 56.8 Å². The minimum atomic E-state index is 0.734. The number of nitrogens with zero attached hydrogens (tertiary/aromatic N) is 5. The molecule has 1 fully saturated rings. The van der Waals surface area contributed by atoms with Gasteiger partial charge in [0.05, 0.1) is 23.7 Å². The van der Waals surface area contributed by atoms with Crippen LogP contribution in [0.25, 0.3) is 16.7 Å². The predicted octanol–water partition coefficient (Wildman–Crippen LogP) is 5.22. The van der Waals surface area contributed by atoms with Crippen LogP contribution in [-0.4, -0.2) is 47.6 Å². The minimum Gasteiger partial charge on any atom is -0.496 e. The first-order valence-electron chi connectivity index (χ1n) is 12.3. The van der Waals surface area contributed by atoms with Crippen LogP contribution < -0.4 is 9.64 Å². The van der Waals surface area contributed by atoms with E-state index in [2.05, 4.69) is 32.4 Å². The van der Waals surface area contributed by atoms with E-state index in [1.165, 1.54) is 16.9 Å². The fourth-order valence-corrected chi connectivity index (χ4v) is 5.98. The zero-order chi connectivity index (χ0) is 23.9. The lowest BCUT2D eigenvalue weighted by molar-refractivity contribution is 0.245. The summed E-state index contributed by atoms with van der Waals surface area (Å²) in [5.74, 6) is 2.12. The van der Waals surface area contributed by atoms with Crippen molar-refractivity contribution in [3.63, 3.8) is 0 Å². The molecule has 0 unspecified atom stereocenters. The fourth-order valence-electron chi connectivity index (χ4n) is 5.79. The average Bonchev–Trinajstić information content (AvgIpc) is 3.27. The van der Waals surface area contributed by atoms with Gasteiger partial charge in [-0.3, -0.25) is 9.30 Å². The van der Waals surface area contributed by atoms with Crippen LogP contribution in [0.1, 0.15) is 35.1 Å². The summed E-state index contributed by atoms with van der Waals surface area (Å²) in [5, 5.41) is 10.8. The number of pyridine rings is 1. The highest BCUT2D eigenvalue weighted by atomic mass is 35.5. The molecule has 0 radical (unpaired) electrons. The molecule has 0 N–H and O–H groups in total. The molecule has 0 spiro atoms. The number of benzene rings is 2. The summed E-state index contributed by atoms with van der Waals surface area (Å²) in [7, 11) is 1.71. The zero-order valence-electron chi connectivity index (χ0n) is 19.9. The highest BCUT2D eigenvalue weighted by molar-refractivity contribution is 6.30. The normalized spacial score (nSPS) is 16.4. The molecule has 2 aliphatic rings. The van der Waals surface area contributed by atoms with Gasteiger partial charge in [-0.15, -0.1) is 0 Å². The van der Waals surface area contributed by atoms with E-state index in [0.29, 0.717) is 0 Å². The number of anilines is 1. The van der Waals surface area contributed by atoms with Gasteiger partial charge in [-0.2, -0.15) is 5.26 Å². The highest BCUT2D eigenvalue weighted by Crippen LogP contribution is 2.38. The van der Waals surface area contributed by atoms with Gasteiger partial charge >= 0.3 is 0 Å². The van der Waals surface area contributed by atoms with Crippen molar-refractivity contribution in [1.82, 2.24) is 14.3 Å². The van der Waals surface area contributed by atoms with E-state index in [9.17, 15) is 5.26 Å². The Morgan fingerprint density at radius 1 is 1.03 bits per heavy atom. The van der Waals surface area contributed by atoms with E-state index in [1.807, 2.05) is 30.3 Å². The number of aromatic nitrogens is 2. The van der Waals surface area contributed by atoms with Crippen molar-refractivity contribution in [2.24, 2.45) is 0 Å². The Balaban J connectivity index is 1.38. The minimum absolute atomic E-state index is 0.734. The van der Waals surface area contributed by atoms with Crippen LogP contribution in [0, 0.1) is 11.3 Å². The Kier molecular flexibility index (Phi) is 5.75. The van der Waals surface area contributed by atoms with Crippen LogP contribution in [0.15, 0.2) is 42.5 Å². The first-order chi connectivity index (χ1) is 17.2. The van der Waals surface area contributed by atoms with Gasteiger partial charge in [-0.05, 0) is 67.1 Å². The van der Waals surface area contributed by atoms with E-state index in [-0.39, 0.29) is 0 Å². The molecule has 0 amide bonds. The number of para-hydroxylation sites is 2. The lowest BCUT2D eigenvalue weighted by Gasteiger charge is -2.38. The van der Waals surface area contributed by atoms with Gasteiger partial charge in [-0.25, -0.2) is 4.98 Å². The SMILES string of the molecule is COc1ccc(Cl)cc1CN1CCN(c2c3c(c(C#N)c4nc5ccccc5n24)CCCC3)CC1. The van der Waals surface area contributed by atoms with Gasteiger partial charge in [0.2, 0.25) is 0 Å². The molecule has 1 aliphatic heterocycles. The van der Waals surface area contributed by atoms with Crippen LogP contribution in [0.4, 0.5) is 5.82 Å². The number of hydrogen-bond acceptors (Lipinski definition) is 5. The van der Waals surface area contributed by atoms with E-state index in [1.54, 1.807) is 7.11 Å². The number of ether oxygens (including phenoxy) is 1. The number of piperazine rings is 1. The van der Waals surface area contributed by atoms with Gasteiger partial charge in [0.1, 0.15) is 17.6 Å². The Labute approximate surface area is 210 Å². The summed E-state index contributed by atoms with van der Waals surface area (Å²) in [5.41, 5.74) is 7.25. The molecule has 1 saturated heterocycles. The maximum atomic E-state index is 10.1. The first-order valence-corrected chi connectivity index (χ1v) is 12.7. The molecule has 6 rings (SSSR count). The summed E-state index contributed by atoms with van der Waals surface area (Å²) < 4.78 is 7.82. The fraction of sp³-hybridized carbons (Fsp3) is 0.357. The number of nitriles is 1. The lowest BCUT2D eigenvalue weighted by Crippen LogP contribution is -2.47. The molecule has 1 aliphatic carbocycles. The number of rotatable bonds is 4. The molecular weight excluding hydrogens is 458 g/mol. The third-order valence-electron chi connectivity index (χ3n) is 7.46. The van der Waals surface area contributed by atoms with Crippen molar-refractivity contribution < 1.29 is 4.74 Å². The third-order valence-corrected chi connectivity index (χ3v) is 7.69. The number of fused-ring (bicyclic) bond motifs is 4. The Morgan fingerprint density at radius 3 is 2.57 bits per heavy atom. The molecular formula is C28H28ClN5O. The number of methoxy groups -OCH3 is 1. The molecule has 0 saturated carbocycles. The van der Waals surface area contributed by atoms with Crippen molar-refractivity contribution >= 4 is 34.1 Å². The van der Waals surface area contributed by atoms with Gasteiger partial charge in [0, 0.05) is 43.3 Å². The third kappa shape index (κ3) is 3.80. The molecule has 178 valence electrons. The van der Waals surface area contributed by atoms with Crippen molar-refractivity contribution in [2.75, 3.05) is 38.2 Å². The van der Waals surface area contributed by atoms with Gasteiger partial charge in [0.15, 0.2) is 5.65 Å². The lowest BCUT2D eigenvalue weighted by atomic mass is 9.88. The van der Waals surface area contributed by atoms with E-state index in [0.717, 1.165) is 97.0 Å². The van der Waals surface area contributed by atoms with Crippen molar-refractivity contribution in [3.05, 3.63) is 69.7 Å². The molecule has 0 atom stereocenters. The second-order valence-corrected chi connectivity index (χ2v) is 9.89. The van der Waals surface area contributed by atoms with Gasteiger partial charge in [0.25, 0.3) is 0 Å². The number of imidazole rings is 1. The molecule has 4 aromatic rings. The molecule has 0 bridgehead atoms. The highest BCUT2D eigenvalue weighted by Gasteiger charge is 2.29. The summed E-state index contributed by atoms with van der Waals surface area (Å²) in [6.45, 7) is 4.54. The second kappa shape index (κ2) is 9.07. The van der Waals surface area contributed by atoms with Crippen molar-refractivity contribution in [2.45, 2.75) is 32.2 Å². The summed E-state index contributed by atoms with van der Waals surface area (Å²) >= 11 is 6.27. The monoisotopic (exact) mass is 485 g/mol. The Hall–Kier alpha value is -3.27. The number of hydrogen-bond donors (Lipinski definition) is 0. The largest absolute Gasteiger partial charge is 0.496 e. The van der Waals surface area contributed by atoms with Crippen LogP contribution in [0.5, 0.6) is 5.75 Å². The van der Waals surface area contributed by atoms with Gasteiger partial charge in [-0.1, -0.05) is 23.7 Å². The summed E-state index contributed by atoms with van der Waals surface area (Å²) in [6, 6.07) is 16.6. The molecule has 6 nitrogen and oxygen atoms in total. The predicted molar refractivity (Wildman–Crippen MR) is 140 cm³/mol. The Morgan fingerprint density at radius 2 is 1.80 bits per heavy atom. The molecule has 3 heterocycles. The smallest absolute Gasteiger partial charge is 0.157 e. The summed E-state index contributed by atoms with van der Waals surface area (Å²) in [4.78, 5) is 9.90. The maximum absolute atomic E-state index is 10.1. The zero-order valence-corrected chi connectivity index (χ0v) is 20.7. The maximum Gasteiger partial charge on any atom is 0.157 e. The van der Waals surface area contributed by atoms with Gasteiger partial charge < -0.3 is 9.64 Å². The average molecular weight is 486 g/mol. The van der Waals surface area contributed by atoms with Crippen LogP contribution in [-0.2, 0) is 19.4 Å². The summed E-state index contributed by atoms with van der Waals surface area (Å²) in [6.07, 6.45) is 4.27.